The molecule has 1 aliphatic heterocycles. The van der Waals surface area contributed by atoms with Crippen LogP contribution in [0.5, 0.6) is 0 Å². The number of nitrogens with zero attached hydrogens (tertiary/aromatic N) is 3. The van der Waals surface area contributed by atoms with E-state index in [1.165, 1.54) is 38.8 Å². The fraction of sp³-hybridized carbons (Fsp3) is 0.941. The molecule has 0 aromatic rings. The molecule has 1 saturated carbocycles. The van der Waals surface area contributed by atoms with Crippen LogP contribution in [0.2, 0.25) is 0 Å². The van der Waals surface area contributed by atoms with Gasteiger partial charge in [0.15, 0.2) is 0 Å². The maximum atomic E-state index is 9.66. The summed E-state index contributed by atoms with van der Waals surface area (Å²) in [5, 5.41) is 13.2. The molecule has 1 aliphatic carbocycles. The molecule has 1 N–H and O–H groups in total. The van der Waals surface area contributed by atoms with E-state index in [0.29, 0.717) is 6.04 Å². The summed E-state index contributed by atoms with van der Waals surface area (Å²) in [6.45, 7) is 5.53. The molecule has 2 fully saturated rings. The molecule has 2 rings (SSSR count). The van der Waals surface area contributed by atoms with Gasteiger partial charge in [0.1, 0.15) is 5.54 Å². The lowest BCUT2D eigenvalue weighted by Crippen LogP contribution is -2.55. The summed E-state index contributed by atoms with van der Waals surface area (Å²) in [5.41, 5.74) is -0.267. The first-order chi connectivity index (χ1) is 10.1. The highest BCUT2D eigenvalue weighted by atomic mass is 15.2. The van der Waals surface area contributed by atoms with Crippen molar-refractivity contribution in [2.75, 3.05) is 33.7 Å². The normalized spacial score (nSPS) is 32.2. The van der Waals surface area contributed by atoms with Crippen LogP contribution >= 0.6 is 0 Å². The Kier molecular flexibility index (Phi) is 6.04. The van der Waals surface area contributed by atoms with Crippen LogP contribution in [-0.2, 0) is 0 Å². The van der Waals surface area contributed by atoms with Gasteiger partial charge in [-0.05, 0) is 78.7 Å². The van der Waals surface area contributed by atoms with Crippen LogP contribution in [0.3, 0.4) is 0 Å². The second-order valence-corrected chi connectivity index (χ2v) is 7.10. The third-order valence-electron chi connectivity index (χ3n) is 5.40. The van der Waals surface area contributed by atoms with Gasteiger partial charge in [-0.3, -0.25) is 5.32 Å². The Morgan fingerprint density at radius 1 is 1.29 bits per heavy atom. The van der Waals surface area contributed by atoms with Crippen LogP contribution in [0.4, 0.5) is 0 Å². The Morgan fingerprint density at radius 3 is 2.57 bits per heavy atom. The molecule has 2 aliphatic rings. The molecule has 0 bridgehead atoms. The van der Waals surface area contributed by atoms with E-state index in [2.05, 4.69) is 42.2 Å². The number of likely N-dealkylation sites (tertiary alicyclic amines) is 1. The lowest BCUT2D eigenvalue weighted by atomic mass is 9.78. The van der Waals surface area contributed by atoms with Crippen molar-refractivity contribution in [3.8, 4) is 6.07 Å². The molecule has 0 radical (unpaired) electrons. The zero-order valence-corrected chi connectivity index (χ0v) is 14.1. The number of hydrogen-bond acceptors (Lipinski definition) is 4. The van der Waals surface area contributed by atoms with Gasteiger partial charge < -0.3 is 9.80 Å². The van der Waals surface area contributed by atoms with Crippen LogP contribution in [0, 0.1) is 11.3 Å². The van der Waals surface area contributed by atoms with E-state index in [9.17, 15) is 5.26 Å². The summed E-state index contributed by atoms with van der Waals surface area (Å²) in [5.74, 6) is 0. The van der Waals surface area contributed by atoms with Gasteiger partial charge in [0.2, 0.25) is 0 Å². The molecule has 120 valence electrons. The Hall–Kier alpha value is -0.630. The van der Waals surface area contributed by atoms with Gasteiger partial charge in [0.25, 0.3) is 0 Å². The maximum Gasteiger partial charge on any atom is 0.108 e. The van der Waals surface area contributed by atoms with E-state index in [0.717, 1.165) is 31.8 Å². The number of hydrogen-bond donors (Lipinski definition) is 1. The maximum absolute atomic E-state index is 9.66. The number of piperidine rings is 1. The fourth-order valence-corrected chi connectivity index (χ4v) is 3.99. The molecule has 0 aromatic carbocycles. The quantitative estimate of drug-likeness (QED) is 0.844. The second kappa shape index (κ2) is 7.58. The van der Waals surface area contributed by atoms with Crippen LogP contribution in [0.15, 0.2) is 0 Å². The first kappa shape index (κ1) is 16.7. The molecular formula is C17H32N4. The fourth-order valence-electron chi connectivity index (χ4n) is 3.99. The van der Waals surface area contributed by atoms with Crippen LogP contribution in [-0.4, -0.2) is 61.2 Å². The van der Waals surface area contributed by atoms with Gasteiger partial charge in [-0.2, -0.15) is 5.26 Å². The molecule has 2 atom stereocenters. The van der Waals surface area contributed by atoms with Gasteiger partial charge in [0.05, 0.1) is 6.07 Å². The Morgan fingerprint density at radius 2 is 2.00 bits per heavy atom. The van der Waals surface area contributed by atoms with Gasteiger partial charge >= 0.3 is 0 Å². The van der Waals surface area contributed by atoms with E-state index in [4.69, 9.17) is 0 Å². The molecule has 1 heterocycles. The van der Waals surface area contributed by atoms with Crippen molar-refractivity contribution in [1.82, 2.24) is 15.1 Å². The number of nitrogens with one attached hydrogen (secondary N) is 1. The predicted octanol–water partition coefficient (Wildman–Crippen LogP) is 2.22. The summed E-state index contributed by atoms with van der Waals surface area (Å²) in [6.07, 6.45) is 8.12. The molecule has 21 heavy (non-hydrogen) atoms. The van der Waals surface area contributed by atoms with Crippen LogP contribution in [0.25, 0.3) is 0 Å². The molecular weight excluding hydrogens is 260 g/mol. The molecule has 4 nitrogen and oxygen atoms in total. The highest BCUT2D eigenvalue weighted by molar-refractivity contribution is 5.11. The van der Waals surface area contributed by atoms with Crippen LogP contribution < -0.4 is 5.32 Å². The van der Waals surface area contributed by atoms with E-state index in [1.807, 2.05) is 0 Å². The SMILES string of the molecule is CCCNC1(C#N)CCCC(N2CCC(N(C)C)CC2)C1. The minimum absolute atomic E-state index is 0.267. The highest BCUT2D eigenvalue weighted by Gasteiger charge is 2.39. The molecule has 0 aromatic heterocycles. The third kappa shape index (κ3) is 4.18. The van der Waals surface area contributed by atoms with Gasteiger partial charge in [-0.25, -0.2) is 0 Å². The van der Waals surface area contributed by atoms with Crippen LogP contribution in [0.1, 0.15) is 51.9 Å². The number of nitriles is 1. The minimum atomic E-state index is -0.267. The molecule has 0 spiro atoms. The highest BCUT2D eigenvalue weighted by Crippen LogP contribution is 2.32. The molecule has 2 unspecified atom stereocenters. The second-order valence-electron chi connectivity index (χ2n) is 7.10. The van der Waals surface area contributed by atoms with E-state index < -0.39 is 0 Å². The monoisotopic (exact) mass is 292 g/mol. The summed E-state index contributed by atoms with van der Waals surface area (Å²) < 4.78 is 0. The molecule has 0 amide bonds. The minimum Gasteiger partial charge on any atom is -0.306 e. The smallest absolute Gasteiger partial charge is 0.108 e. The Balaban J connectivity index is 1.91. The Bertz CT molecular complexity index is 354. The van der Waals surface area contributed by atoms with Crippen molar-refractivity contribution in [2.45, 2.75) is 69.5 Å². The first-order valence-electron chi connectivity index (χ1n) is 8.67. The molecule has 1 saturated heterocycles. The predicted molar refractivity (Wildman–Crippen MR) is 87.2 cm³/mol. The van der Waals surface area contributed by atoms with Crippen molar-refractivity contribution in [2.24, 2.45) is 0 Å². The van der Waals surface area contributed by atoms with Crippen molar-refractivity contribution >= 4 is 0 Å². The summed E-state index contributed by atoms with van der Waals surface area (Å²) >= 11 is 0. The first-order valence-corrected chi connectivity index (χ1v) is 8.67. The van der Waals surface area contributed by atoms with E-state index in [1.54, 1.807) is 0 Å². The van der Waals surface area contributed by atoms with Gasteiger partial charge in [-0.15, -0.1) is 0 Å². The zero-order chi connectivity index (χ0) is 15.3. The van der Waals surface area contributed by atoms with Crippen molar-refractivity contribution < 1.29 is 0 Å². The Labute approximate surface area is 130 Å². The topological polar surface area (TPSA) is 42.3 Å². The standard InChI is InChI=1S/C17H32N4/c1-4-10-19-17(14-18)9-5-6-16(13-17)21-11-7-15(8-12-21)20(2)3/h15-16,19H,4-13H2,1-3H3. The van der Waals surface area contributed by atoms with Gasteiger partial charge in [-0.1, -0.05) is 6.92 Å². The third-order valence-corrected chi connectivity index (χ3v) is 5.40. The van der Waals surface area contributed by atoms with Crippen molar-refractivity contribution in [3.63, 3.8) is 0 Å². The lowest BCUT2D eigenvalue weighted by molar-refractivity contribution is 0.0717. The lowest BCUT2D eigenvalue weighted by Gasteiger charge is -2.45. The zero-order valence-electron chi connectivity index (χ0n) is 14.1. The summed E-state index contributed by atoms with van der Waals surface area (Å²) in [4.78, 5) is 5.01. The van der Waals surface area contributed by atoms with Crippen molar-refractivity contribution in [3.05, 3.63) is 0 Å². The average Bonchev–Trinajstić information content (AvgIpc) is 2.53. The van der Waals surface area contributed by atoms with E-state index >= 15 is 0 Å². The van der Waals surface area contributed by atoms with Gasteiger partial charge in [0, 0.05) is 12.1 Å². The number of rotatable bonds is 5. The summed E-state index contributed by atoms with van der Waals surface area (Å²) in [7, 11) is 4.38. The van der Waals surface area contributed by atoms with E-state index in [-0.39, 0.29) is 5.54 Å². The molecule has 4 heteroatoms. The average molecular weight is 292 g/mol. The largest absolute Gasteiger partial charge is 0.306 e. The van der Waals surface area contributed by atoms with Crippen molar-refractivity contribution in [1.29, 1.82) is 5.26 Å². The summed E-state index contributed by atoms with van der Waals surface area (Å²) in [6, 6.07) is 3.94.